The van der Waals surface area contributed by atoms with Crippen molar-refractivity contribution in [1.82, 2.24) is 5.32 Å². The van der Waals surface area contributed by atoms with Gasteiger partial charge < -0.3 is 10.4 Å². The first-order valence-electron chi connectivity index (χ1n) is 7.27. The van der Waals surface area contributed by atoms with Gasteiger partial charge in [-0.1, -0.05) is 31.7 Å². The third kappa shape index (κ3) is 3.64. The Morgan fingerprint density at radius 2 is 1.81 bits per heavy atom. The number of carbonyl (C=O) groups is 2. The van der Waals surface area contributed by atoms with Crippen LogP contribution in [0, 0.1) is 6.92 Å². The summed E-state index contributed by atoms with van der Waals surface area (Å²) in [4.78, 5) is 24.2. The highest BCUT2D eigenvalue weighted by Gasteiger charge is 2.40. The molecule has 114 valence electrons. The molecule has 2 rings (SSSR count). The van der Waals surface area contributed by atoms with E-state index in [0.29, 0.717) is 22.9 Å². The van der Waals surface area contributed by atoms with Crippen LogP contribution in [0.4, 0.5) is 0 Å². The lowest BCUT2D eigenvalue weighted by molar-refractivity contribution is -0.145. The van der Waals surface area contributed by atoms with E-state index in [2.05, 4.69) is 21.2 Å². The number of benzene rings is 1. The number of halogens is 1. The maximum Gasteiger partial charge on any atom is 0.329 e. The van der Waals surface area contributed by atoms with Crippen molar-refractivity contribution in [3.05, 3.63) is 33.8 Å². The molecule has 4 nitrogen and oxygen atoms in total. The SMILES string of the molecule is Cc1ccc(C(=O)NC2(C(=O)O)CCCCCC2)c(Br)c1. The van der Waals surface area contributed by atoms with Gasteiger partial charge in [0.25, 0.3) is 5.91 Å². The average Bonchev–Trinajstić information content (AvgIpc) is 2.65. The molecule has 1 aliphatic rings. The molecular weight excluding hydrogens is 334 g/mol. The van der Waals surface area contributed by atoms with Crippen molar-refractivity contribution in [3.8, 4) is 0 Å². The summed E-state index contributed by atoms with van der Waals surface area (Å²) in [5.41, 5.74) is 0.393. The average molecular weight is 354 g/mol. The second-order valence-electron chi connectivity index (χ2n) is 5.74. The van der Waals surface area contributed by atoms with E-state index in [-0.39, 0.29) is 5.91 Å². The monoisotopic (exact) mass is 353 g/mol. The fourth-order valence-corrected chi connectivity index (χ4v) is 3.49. The smallest absolute Gasteiger partial charge is 0.329 e. The minimum Gasteiger partial charge on any atom is -0.480 e. The van der Waals surface area contributed by atoms with Crippen molar-refractivity contribution in [2.24, 2.45) is 0 Å². The number of aryl methyl sites for hydroxylation is 1. The van der Waals surface area contributed by atoms with Gasteiger partial charge in [0, 0.05) is 4.47 Å². The number of amides is 1. The van der Waals surface area contributed by atoms with Crippen LogP contribution in [0.2, 0.25) is 0 Å². The van der Waals surface area contributed by atoms with Crippen LogP contribution in [0.5, 0.6) is 0 Å². The van der Waals surface area contributed by atoms with E-state index in [1.807, 2.05) is 19.1 Å². The Labute approximate surface area is 133 Å². The van der Waals surface area contributed by atoms with E-state index >= 15 is 0 Å². The molecule has 0 spiro atoms. The second-order valence-corrected chi connectivity index (χ2v) is 6.59. The van der Waals surface area contributed by atoms with Crippen LogP contribution in [0.3, 0.4) is 0 Å². The molecule has 0 unspecified atom stereocenters. The van der Waals surface area contributed by atoms with Crippen molar-refractivity contribution in [2.45, 2.75) is 51.0 Å². The zero-order valence-corrected chi connectivity index (χ0v) is 13.7. The molecule has 1 saturated carbocycles. The molecule has 0 radical (unpaired) electrons. The van der Waals surface area contributed by atoms with Crippen LogP contribution in [-0.2, 0) is 4.79 Å². The zero-order chi connectivity index (χ0) is 15.5. The van der Waals surface area contributed by atoms with Crippen LogP contribution in [0.15, 0.2) is 22.7 Å². The Bertz CT molecular complexity index is 548. The van der Waals surface area contributed by atoms with Gasteiger partial charge in [-0.05, 0) is 53.4 Å². The van der Waals surface area contributed by atoms with Gasteiger partial charge in [-0.2, -0.15) is 0 Å². The van der Waals surface area contributed by atoms with Crippen LogP contribution < -0.4 is 5.32 Å². The summed E-state index contributed by atoms with van der Waals surface area (Å²) in [7, 11) is 0. The number of rotatable bonds is 3. The van der Waals surface area contributed by atoms with Crippen LogP contribution >= 0.6 is 15.9 Å². The van der Waals surface area contributed by atoms with Crippen molar-refractivity contribution < 1.29 is 14.7 Å². The van der Waals surface area contributed by atoms with Crippen molar-refractivity contribution in [2.75, 3.05) is 0 Å². The van der Waals surface area contributed by atoms with E-state index in [0.717, 1.165) is 31.2 Å². The van der Waals surface area contributed by atoms with Gasteiger partial charge in [-0.25, -0.2) is 4.79 Å². The minimum atomic E-state index is -1.13. The van der Waals surface area contributed by atoms with E-state index < -0.39 is 11.5 Å². The molecule has 1 aliphatic carbocycles. The number of nitrogens with one attached hydrogen (secondary N) is 1. The highest BCUT2D eigenvalue weighted by atomic mass is 79.9. The number of carboxylic acids is 1. The van der Waals surface area contributed by atoms with Crippen molar-refractivity contribution >= 4 is 27.8 Å². The third-order valence-corrected chi connectivity index (χ3v) is 4.74. The Kier molecular flexibility index (Phi) is 5.04. The van der Waals surface area contributed by atoms with Crippen LogP contribution in [-0.4, -0.2) is 22.5 Å². The van der Waals surface area contributed by atoms with Crippen molar-refractivity contribution in [1.29, 1.82) is 0 Å². The van der Waals surface area contributed by atoms with E-state index in [1.165, 1.54) is 0 Å². The quantitative estimate of drug-likeness (QED) is 0.814. The largest absolute Gasteiger partial charge is 0.480 e. The third-order valence-electron chi connectivity index (χ3n) is 4.09. The number of hydrogen-bond donors (Lipinski definition) is 2. The zero-order valence-electron chi connectivity index (χ0n) is 12.1. The number of carbonyl (C=O) groups excluding carboxylic acids is 1. The first kappa shape index (κ1) is 16.0. The molecule has 0 aliphatic heterocycles. The molecule has 1 amide bonds. The summed E-state index contributed by atoms with van der Waals surface area (Å²) in [6.07, 6.45) is 4.72. The number of aliphatic carboxylic acids is 1. The van der Waals surface area contributed by atoms with Gasteiger partial charge in [0.1, 0.15) is 5.54 Å². The first-order valence-corrected chi connectivity index (χ1v) is 8.06. The minimum absolute atomic E-state index is 0.328. The predicted octanol–water partition coefficient (Wildman–Crippen LogP) is 3.66. The second kappa shape index (κ2) is 6.60. The molecule has 0 atom stereocenters. The Balaban J connectivity index is 2.24. The maximum absolute atomic E-state index is 12.5. The fraction of sp³-hybridized carbons (Fsp3) is 0.500. The van der Waals surface area contributed by atoms with Gasteiger partial charge in [0.2, 0.25) is 0 Å². The van der Waals surface area contributed by atoms with Gasteiger partial charge >= 0.3 is 5.97 Å². The van der Waals surface area contributed by atoms with Crippen LogP contribution in [0.25, 0.3) is 0 Å². The standard InChI is InChI=1S/C16H20BrNO3/c1-11-6-7-12(13(17)10-11)14(19)18-16(15(20)21)8-4-2-3-5-9-16/h6-7,10H,2-5,8-9H2,1H3,(H,18,19)(H,20,21). The highest BCUT2D eigenvalue weighted by molar-refractivity contribution is 9.10. The number of hydrogen-bond acceptors (Lipinski definition) is 2. The van der Waals surface area contributed by atoms with Gasteiger partial charge in [0.15, 0.2) is 0 Å². The summed E-state index contributed by atoms with van der Waals surface area (Å²) >= 11 is 3.37. The molecule has 0 heterocycles. The Hall–Kier alpha value is -1.36. The molecule has 1 fully saturated rings. The summed E-state index contributed by atoms with van der Waals surface area (Å²) < 4.78 is 0.689. The molecule has 0 aromatic heterocycles. The molecule has 0 bridgehead atoms. The fourth-order valence-electron chi connectivity index (χ4n) is 2.81. The normalized spacial score (nSPS) is 17.8. The van der Waals surface area contributed by atoms with Gasteiger partial charge in [0.05, 0.1) is 5.56 Å². The van der Waals surface area contributed by atoms with E-state index in [9.17, 15) is 14.7 Å². The lowest BCUT2D eigenvalue weighted by atomic mass is 9.89. The summed E-state index contributed by atoms with van der Waals surface area (Å²) in [5, 5.41) is 12.4. The molecule has 0 saturated heterocycles. The molecule has 21 heavy (non-hydrogen) atoms. The van der Waals surface area contributed by atoms with Crippen molar-refractivity contribution in [3.63, 3.8) is 0 Å². The highest BCUT2D eigenvalue weighted by Crippen LogP contribution is 2.28. The lowest BCUT2D eigenvalue weighted by Gasteiger charge is -2.29. The van der Waals surface area contributed by atoms with Gasteiger partial charge in [-0.3, -0.25) is 4.79 Å². The summed E-state index contributed by atoms with van der Waals surface area (Å²) in [5.74, 6) is -1.26. The topological polar surface area (TPSA) is 66.4 Å². The first-order chi connectivity index (χ1) is 9.94. The summed E-state index contributed by atoms with van der Waals surface area (Å²) in [6.45, 7) is 1.94. The molecule has 1 aromatic carbocycles. The van der Waals surface area contributed by atoms with E-state index in [1.54, 1.807) is 6.07 Å². The molecule has 2 N–H and O–H groups in total. The maximum atomic E-state index is 12.5. The van der Waals surface area contributed by atoms with Crippen LogP contribution in [0.1, 0.15) is 54.4 Å². The molecule has 5 heteroatoms. The predicted molar refractivity (Wildman–Crippen MR) is 84.4 cm³/mol. The van der Waals surface area contributed by atoms with E-state index in [4.69, 9.17) is 0 Å². The molecule has 1 aromatic rings. The Morgan fingerprint density at radius 1 is 1.19 bits per heavy atom. The number of carboxylic acid groups (broad SMARTS) is 1. The molecular formula is C16H20BrNO3. The van der Waals surface area contributed by atoms with Gasteiger partial charge in [-0.15, -0.1) is 0 Å². The Morgan fingerprint density at radius 3 is 2.33 bits per heavy atom. The summed E-state index contributed by atoms with van der Waals surface area (Å²) in [6, 6.07) is 5.43. The lowest BCUT2D eigenvalue weighted by Crippen LogP contribution is -2.54.